The average Bonchev–Trinajstić information content (AvgIpc) is 2.74. The lowest BCUT2D eigenvalue weighted by molar-refractivity contribution is 0.349. The lowest BCUT2D eigenvalue weighted by atomic mass is 9.85. The first kappa shape index (κ1) is 12.4. The van der Waals surface area contributed by atoms with E-state index in [0.29, 0.717) is 5.92 Å². The van der Waals surface area contributed by atoms with Crippen LogP contribution >= 0.6 is 0 Å². The van der Waals surface area contributed by atoms with E-state index in [1.54, 1.807) is 7.11 Å². The van der Waals surface area contributed by atoms with Gasteiger partial charge in [-0.2, -0.15) is 0 Å². The van der Waals surface area contributed by atoms with Crippen molar-refractivity contribution in [3.05, 3.63) is 29.3 Å². The Kier molecular flexibility index (Phi) is 3.72. The van der Waals surface area contributed by atoms with Gasteiger partial charge in [0.25, 0.3) is 0 Å². The van der Waals surface area contributed by atoms with Crippen LogP contribution < -0.4 is 10.5 Å². The summed E-state index contributed by atoms with van der Waals surface area (Å²) >= 11 is 0. The molecule has 0 amide bonds. The number of rotatable bonds is 3. The Labute approximate surface area is 104 Å². The Hall–Kier alpha value is -1.02. The second-order valence-electron chi connectivity index (χ2n) is 5.32. The Morgan fingerprint density at radius 2 is 2.12 bits per heavy atom. The molecule has 0 aliphatic heterocycles. The van der Waals surface area contributed by atoms with Gasteiger partial charge in [0.1, 0.15) is 5.75 Å². The van der Waals surface area contributed by atoms with Gasteiger partial charge in [-0.3, -0.25) is 0 Å². The minimum Gasteiger partial charge on any atom is -0.497 e. The molecule has 1 aromatic rings. The summed E-state index contributed by atoms with van der Waals surface area (Å²) in [5.41, 5.74) is 8.97. The number of methoxy groups -OCH3 is 1. The molecular formula is C15H23NO. The zero-order valence-corrected chi connectivity index (χ0v) is 11.1. The molecule has 0 saturated heterocycles. The predicted molar refractivity (Wildman–Crippen MR) is 71.2 cm³/mol. The van der Waals surface area contributed by atoms with Gasteiger partial charge < -0.3 is 10.5 Å². The number of hydrogen-bond acceptors (Lipinski definition) is 2. The van der Waals surface area contributed by atoms with Crippen LogP contribution in [0.5, 0.6) is 5.75 Å². The van der Waals surface area contributed by atoms with Crippen molar-refractivity contribution in [2.75, 3.05) is 7.11 Å². The van der Waals surface area contributed by atoms with Crippen LogP contribution in [0.4, 0.5) is 0 Å². The molecule has 0 radical (unpaired) electrons. The molecular weight excluding hydrogens is 210 g/mol. The maximum atomic E-state index is 6.44. The molecule has 1 aromatic carbocycles. The van der Waals surface area contributed by atoms with Gasteiger partial charge in [-0.25, -0.2) is 0 Å². The molecule has 0 heterocycles. The molecule has 0 aromatic heterocycles. The normalized spacial score (nSPS) is 25.9. The van der Waals surface area contributed by atoms with Crippen LogP contribution in [0.2, 0.25) is 0 Å². The van der Waals surface area contributed by atoms with Crippen LogP contribution in [0.3, 0.4) is 0 Å². The van der Waals surface area contributed by atoms with Crippen LogP contribution in [0.15, 0.2) is 18.2 Å². The zero-order chi connectivity index (χ0) is 12.4. The minimum absolute atomic E-state index is 0.179. The first-order valence-corrected chi connectivity index (χ1v) is 6.53. The van der Waals surface area contributed by atoms with Crippen LogP contribution in [0, 0.1) is 18.8 Å². The largest absolute Gasteiger partial charge is 0.497 e. The van der Waals surface area contributed by atoms with Gasteiger partial charge >= 0.3 is 0 Å². The summed E-state index contributed by atoms with van der Waals surface area (Å²) in [7, 11) is 1.70. The maximum absolute atomic E-state index is 6.44. The highest BCUT2D eigenvalue weighted by molar-refractivity contribution is 5.36. The maximum Gasteiger partial charge on any atom is 0.119 e. The molecule has 1 fully saturated rings. The SMILES string of the molecule is COc1ccc(C(N)C2CCCC2C)c(C)c1. The Bertz CT molecular complexity index is 389. The molecule has 0 spiro atoms. The van der Waals surface area contributed by atoms with Crippen molar-refractivity contribution >= 4 is 0 Å². The van der Waals surface area contributed by atoms with Crippen LogP contribution in [0.1, 0.15) is 43.4 Å². The third kappa shape index (κ3) is 2.47. The molecule has 17 heavy (non-hydrogen) atoms. The van der Waals surface area contributed by atoms with E-state index in [9.17, 15) is 0 Å². The fourth-order valence-corrected chi connectivity index (χ4v) is 3.09. The minimum atomic E-state index is 0.179. The molecule has 2 N–H and O–H groups in total. The Morgan fingerprint density at radius 1 is 1.35 bits per heavy atom. The van der Waals surface area contributed by atoms with Crippen molar-refractivity contribution in [3.63, 3.8) is 0 Å². The molecule has 2 rings (SSSR count). The van der Waals surface area contributed by atoms with E-state index >= 15 is 0 Å². The molecule has 3 unspecified atom stereocenters. The summed E-state index contributed by atoms with van der Waals surface area (Å²) < 4.78 is 5.24. The summed E-state index contributed by atoms with van der Waals surface area (Å²) in [6.45, 7) is 4.45. The third-order valence-electron chi connectivity index (χ3n) is 4.23. The van der Waals surface area contributed by atoms with Crippen molar-refractivity contribution in [3.8, 4) is 5.75 Å². The highest BCUT2D eigenvalue weighted by Crippen LogP contribution is 2.39. The quantitative estimate of drug-likeness (QED) is 0.868. The van der Waals surface area contributed by atoms with E-state index < -0.39 is 0 Å². The van der Waals surface area contributed by atoms with E-state index in [1.165, 1.54) is 30.4 Å². The topological polar surface area (TPSA) is 35.2 Å². The summed E-state index contributed by atoms with van der Waals surface area (Å²) in [4.78, 5) is 0. The molecule has 2 nitrogen and oxygen atoms in total. The highest BCUT2D eigenvalue weighted by atomic mass is 16.5. The van der Waals surface area contributed by atoms with Crippen LogP contribution in [-0.2, 0) is 0 Å². The standard InChI is InChI=1S/C15H23NO/c1-10-5-4-6-13(10)15(16)14-8-7-12(17-3)9-11(14)2/h7-10,13,15H,4-6,16H2,1-3H3. The van der Waals surface area contributed by atoms with Crippen LogP contribution in [0.25, 0.3) is 0 Å². The van der Waals surface area contributed by atoms with Crippen molar-refractivity contribution in [1.82, 2.24) is 0 Å². The predicted octanol–water partition coefficient (Wildman–Crippen LogP) is 3.44. The van der Waals surface area contributed by atoms with Crippen molar-refractivity contribution in [1.29, 1.82) is 0 Å². The van der Waals surface area contributed by atoms with Gasteiger partial charge in [-0.05, 0) is 48.4 Å². The molecule has 0 bridgehead atoms. The van der Waals surface area contributed by atoms with Crippen molar-refractivity contribution in [2.24, 2.45) is 17.6 Å². The fraction of sp³-hybridized carbons (Fsp3) is 0.600. The van der Waals surface area contributed by atoms with Crippen molar-refractivity contribution in [2.45, 2.75) is 39.2 Å². The first-order valence-electron chi connectivity index (χ1n) is 6.53. The third-order valence-corrected chi connectivity index (χ3v) is 4.23. The molecule has 1 aliphatic rings. The number of aryl methyl sites for hydroxylation is 1. The van der Waals surface area contributed by atoms with Gasteiger partial charge in [-0.1, -0.05) is 25.8 Å². The average molecular weight is 233 g/mol. The number of hydrogen-bond donors (Lipinski definition) is 1. The monoisotopic (exact) mass is 233 g/mol. The summed E-state index contributed by atoms with van der Waals surface area (Å²) in [6.07, 6.45) is 3.93. The van der Waals surface area contributed by atoms with E-state index in [4.69, 9.17) is 10.5 Å². The lowest BCUT2D eigenvalue weighted by Gasteiger charge is -2.25. The number of nitrogens with two attached hydrogens (primary N) is 1. The van der Waals surface area contributed by atoms with E-state index in [2.05, 4.69) is 26.0 Å². The number of ether oxygens (including phenoxy) is 1. The smallest absolute Gasteiger partial charge is 0.119 e. The fourth-order valence-electron chi connectivity index (χ4n) is 3.09. The van der Waals surface area contributed by atoms with E-state index in [1.807, 2.05) is 6.07 Å². The molecule has 94 valence electrons. The second-order valence-corrected chi connectivity index (χ2v) is 5.32. The van der Waals surface area contributed by atoms with E-state index in [-0.39, 0.29) is 6.04 Å². The van der Waals surface area contributed by atoms with Gasteiger partial charge in [0, 0.05) is 6.04 Å². The molecule has 3 atom stereocenters. The Morgan fingerprint density at radius 3 is 2.65 bits per heavy atom. The molecule has 2 heteroatoms. The lowest BCUT2D eigenvalue weighted by Crippen LogP contribution is -2.24. The van der Waals surface area contributed by atoms with Gasteiger partial charge in [0.2, 0.25) is 0 Å². The van der Waals surface area contributed by atoms with Gasteiger partial charge in [0.15, 0.2) is 0 Å². The van der Waals surface area contributed by atoms with Gasteiger partial charge in [-0.15, -0.1) is 0 Å². The zero-order valence-electron chi connectivity index (χ0n) is 11.1. The van der Waals surface area contributed by atoms with Gasteiger partial charge in [0.05, 0.1) is 7.11 Å². The molecule has 1 aliphatic carbocycles. The Balaban J connectivity index is 2.21. The first-order chi connectivity index (χ1) is 8.13. The second kappa shape index (κ2) is 5.09. The van der Waals surface area contributed by atoms with Crippen LogP contribution in [-0.4, -0.2) is 7.11 Å². The van der Waals surface area contributed by atoms with E-state index in [0.717, 1.165) is 11.7 Å². The molecule has 1 saturated carbocycles. The summed E-state index contributed by atoms with van der Waals surface area (Å²) in [5.74, 6) is 2.31. The summed E-state index contributed by atoms with van der Waals surface area (Å²) in [6, 6.07) is 6.40. The number of benzene rings is 1. The highest BCUT2D eigenvalue weighted by Gasteiger charge is 2.30. The van der Waals surface area contributed by atoms with Crippen molar-refractivity contribution < 1.29 is 4.74 Å². The summed E-state index contributed by atoms with van der Waals surface area (Å²) in [5, 5.41) is 0.